The van der Waals surface area contributed by atoms with Crippen molar-refractivity contribution in [2.45, 2.75) is 44.8 Å². The average molecular weight is 460 g/mol. The van der Waals surface area contributed by atoms with Gasteiger partial charge in [0.25, 0.3) is 11.8 Å². The lowest BCUT2D eigenvalue weighted by Crippen LogP contribution is -2.38. The van der Waals surface area contributed by atoms with E-state index in [0.29, 0.717) is 52.2 Å². The van der Waals surface area contributed by atoms with E-state index in [9.17, 15) is 19.1 Å². The number of benzene rings is 2. The van der Waals surface area contributed by atoms with Gasteiger partial charge in [-0.15, -0.1) is 0 Å². The van der Waals surface area contributed by atoms with Gasteiger partial charge in [-0.05, 0) is 62.4 Å². The number of hydrogen-bond donors (Lipinski definition) is 4. The Morgan fingerprint density at radius 2 is 1.85 bits per heavy atom. The number of hydrogen-bond acceptors (Lipinski definition) is 3. The minimum atomic E-state index is -0.426. The Hall–Kier alpha value is -3.71. The molecule has 2 aromatic carbocycles. The van der Waals surface area contributed by atoms with E-state index in [-0.39, 0.29) is 24.0 Å². The summed E-state index contributed by atoms with van der Waals surface area (Å²) >= 11 is 0. The summed E-state index contributed by atoms with van der Waals surface area (Å²) in [6, 6.07) is 13.7. The largest absolute Gasteiger partial charge is 0.393 e. The van der Waals surface area contributed by atoms with Crippen molar-refractivity contribution in [3.63, 3.8) is 0 Å². The Bertz CT molecular complexity index is 1290. The maximum atomic E-state index is 13.9. The molecule has 5 rings (SSSR count). The average Bonchev–Trinajstić information content (AvgIpc) is 3.32. The maximum absolute atomic E-state index is 13.9. The van der Waals surface area contributed by atoms with Crippen LogP contribution in [0.2, 0.25) is 0 Å². The molecule has 7 heteroatoms. The second-order valence-corrected chi connectivity index (χ2v) is 8.96. The third-order valence-electron chi connectivity index (χ3n) is 6.59. The molecule has 2 aliphatic rings. The zero-order chi connectivity index (χ0) is 23.8. The van der Waals surface area contributed by atoms with Crippen molar-refractivity contribution in [1.82, 2.24) is 10.3 Å². The topological polar surface area (TPSA) is 94.2 Å². The Labute approximate surface area is 196 Å². The second kappa shape index (κ2) is 8.91. The Morgan fingerprint density at radius 3 is 2.59 bits per heavy atom. The van der Waals surface area contributed by atoms with Crippen LogP contribution in [0, 0.1) is 12.7 Å². The van der Waals surface area contributed by atoms with Crippen LogP contribution in [0.5, 0.6) is 0 Å². The number of aliphatic hydroxyl groups excluding tert-OH is 1. The molecule has 0 radical (unpaired) electrons. The summed E-state index contributed by atoms with van der Waals surface area (Å²) in [6.07, 6.45) is 4.19. The maximum Gasteiger partial charge on any atom is 0.256 e. The summed E-state index contributed by atoms with van der Waals surface area (Å²) in [5.41, 5.74) is 4.70. The fraction of sp³-hybridized carbons (Fsp3) is 0.259. The molecule has 6 nitrogen and oxygen atoms in total. The van der Waals surface area contributed by atoms with Crippen LogP contribution in [0.25, 0.3) is 22.8 Å². The SMILES string of the molecule is Cc1[nH]c(/C=C2\C(=O)Nc3ccc(F)cc32)c(-c2ccccc2)c1C(=O)NC1CCC(O)CC1. The number of halogens is 1. The Balaban J connectivity index is 1.58. The zero-order valence-electron chi connectivity index (χ0n) is 18.8. The van der Waals surface area contributed by atoms with Gasteiger partial charge in [-0.3, -0.25) is 9.59 Å². The number of carbonyl (C=O) groups is 2. The fourth-order valence-corrected chi connectivity index (χ4v) is 4.87. The van der Waals surface area contributed by atoms with Crippen molar-refractivity contribution in [1.29, 1.82) is 0 Å². The van der Waals surface area contributed by atoms with E-state index in [1.54, 1.807) is 12.1 Å². The molecule has 4 N–H and O–H groups in total. The summed E-state index contributed by atoms with van der Waals surface area (Å²) < 4.78 is 13.9. The number of aromatic amines is 1. The number of rotatable bonds is 4. The normalized spacial score (nSPS) is 20.8. The van der Waals surface area contributed by atoms with E-state index >= 15 is 0 Å². The molecule has 1 aliphatic heterocycles. The molecule has 3 aromatic rings. The molecule has 1 aromatic heterocycles. The first-order valence-corrected chi connectivity index (χ1v) is 11.5. The van der Waals surface area contributed by atoms with Crippen LogP contribution in [0.15, 0.2) is 48.5 Å². The Morgan fingerprint density at radius 1 is 1.12 bits per heavy atom. The van der Waals surface area contributed by atoms with Gasteiger partial charge in [0.15, 0.2) is 0 Å². The van der Waals surface area contributed by atoms with E-state index in [1.165, 1.54) is 12.1 Å². The molecule has 2 heterocycles. The first-order valence-electron chi connectivity index (χ1n) is 11.5. The van der Waals surface area contributed by atoms with E-state index < -0.39 is 5.82 Å². The van der Waals surface area contributed by atoms with Crippen molar-refractivity contribution < 1.29 is 19.1 Å². The number of aryl methyl sites for hydroxylation is 1. The van der Waals surface area contributed by atoms with Crippen molar-refractivity contribution in [3.05, 3.63) is 76.9 Å². The van der Waals surface area contributed by atoms with Gasteiger partial charge >= 0.3 is 0 Å². The van der Waals surface area contributed by atoms with Gasteiger partial charge in [-0.25, -0.2) is 4.39 Å². The van der Waals surface area contributed by atoms with Gasteiger partial charge < -0.3 is 20.7 Å². The first kappa shape index (κ1) is 22.1. The molecular formula is C27H26FN3O3. The summed E-state index contributed by atoms with van der Waals surface area (Å²) in [6.45, 7) is 1.83. The van der Waals surface area contributed by atoms with Crippen LogP contribution < -0.4 is 10.6 Å². The highest BCUT2D eigenvalue weighted by atomic mass is 19.1. The number of carbonyl (C=O) groups excluding carboxylic acids is 2. The monoisotopic (exact) mass is 459 g/mol. The third kappa shape index (κ3) is 4.15. The number of aromatic nitrogens is 1. The molecule has 0 saturated heterocycles. The predicted octanol–water partition coefficient (Wildman–Crippen LogP) is 4.66. The lowest BCUT2D eigenvalue weighted by molar-refractivity contribution is -0.110. The fourth-order valence-electron chi connectivity index (χ4n) is 4.87. The molecule has 2 amide bonds. The lowest BCUT2D eigenvalue weighted by atomic mass is 9.92. The molecule has 0 unspecified atom stereocenters. The summed E-state index contributed by atoms with van der Waals surface area (Å²) in [7, 11) is 0. The van der Waals surface area contributed by atoms with Gasteiger partial charge in [-0.1, -0.05) is 30.3 Å². The molecule has 34 heavy (non-hydrogen) atoms. The van der Waals surface area contributed by atoms with Crippen LogP contribution in [0.3, 0.4) is 0 Å². The molecule has 0 bridgehead atoms. The van der Waals surface area contributed by atoms with E-state index in [2.05, 4.69) is 15.6 Å². The van der Waals surface area contributed by atoms with Gasteiger partial charge in [0.2, 0.25) is 0 Å². The molecule has 1 aliphatic carbocycles. The molecule has 1 fully saturated rings. The third-order valence-corrected chi connectivity index (χ3v) is 6.59. The van der Waals surface area contributed by atoms with Crippen molar-refractivity contribution >= 4 is 29.2 Å². The molecule has 0 atom stereocenters. The summed E-state index contributed by atoms with van der Waals surface area (Å²) in [5.74, 6) is -0.940. The highest BCUT2D eigenvalue weighted by Crippen LogP contribution is 2.37. The minimum Gasteiger partial charge on any atom is -0.393 e. The first-order chi connectivity index (χ1) is 16.4. The van der Waals surface area contributed by atoms with Crippen LogP contribution >= 0.6 is 0 Å². The lowest BCUT2D eigenvalue weighted by Gasteiger charge is -2.26. The number of aliphatic hydroxyl groups is 1. The molecule has 1 saturated carbocycles. The summed E-state index contributed by atoms with van der Waals surface area (Å²) in [5, 5.41) is 15.7. The van der Waals surface area contributed by atoms with Crippen LogP contribution in [0.4, 0.5) is 10.1 Å². The van der Waals surface area contributed by atoms with Gasteiger partial charge in [0.05, 0.1) is 17.2 Å². The van der Waals surface area contributed by atoms with Gasteiger partial charge in [0, 0.05) is 34.2 Å². The standard InChI is InChI=1S/C27H26FN3O3/c1-15-24(27(34)30-18-8-10-19(32)11-9-18)25(16-5-3-2-4-6-16)23(29-15)14-21-20-13-17(28)7-12-22(20)31-26(21)33/h2-7,12-14,18-19,29,32H,8-11H2,1H3,(H,30,34)(H,31,33)/b21-14-. The highest BCUT2D eigenvalue weighted by molar-refractivity contribution is 6.35. The van der Waals surface area contributed by atoms with Crippen molar-refractivity contribution in [2.75, 3.05) is 5.32 Å². The second-order valence-electron chi connectivity index (χ2n) is 8.96. The van der Waals surface area contributed by atoms with Gasteiger partial charge in [0.1, 0.15) is 5.82 Å². The Kier molecular flexibility index (Phi) is 5.79. The van der Waals surface area contributed by atoms with Crippen molar-refractivity contribution in [2.24, 2.45) is 0 Å². The zero-order valence-corrected chi connectivity index (χ0v) is 18.8. The van der Waals surface area contributed by atoms with Crippen LogP contribution in [-0.4, -0.2) is 34.1 Å². The number of nitrogens with one attached hydrogen (secondary N) is 3. The number of amides is 2. The van der Waals surface area contributed by atoms with Gasteiger partial charge in [-0.2, -0.15) is 0 Å². The quantitative estimate of drug-likeness (QED) is 0.428. The van der Waals surface area contributed by atoms with Crippen molar-refractivity contribution in [3.8, 4) is 11.1 Å². The number of anilines is 1. The molecular weight excluding hydrogens is 433 g/mol. The predicted molar refractivity (Wildman–Crippen MR) is 130 cm³/mol. The number of fused-ring (bicyclic) bond motifs is 1. The highest BCUT2D eigenvalue weighted by Gasteiger charge is 2.29. The van der Waals surface area contributed by atoms with E-state index in [4.69, 9.17) is 0 Å². The molecule has 174 valence electrons. The molecule has 0 spiro atoms. The number of H-pyrrole nitrogens is 1. The summed E-state index contributed by atoms with van der Waals surface area (Å²) in [4.78, 5) is 29.4. The minimum absolute atomic E-state index is 0.00564. The smallest absolute Gasteiger partial charge is 0.256 e. The van der Waals surface area contributed by atoms with E-state index in [0.717, 1.165) is 18.4 Å². The van der Waals surface area contributed by atoms with Crippen LogP contribution in [0.1, 0.15) is 53.0 Å². The van der Waals surface area contributed by atoms with E-state index in [1.807, 2.05) is 37.3 Å². The van der Waals surface area contributed by atoms with Crippen LogP contribution in [-0.2, 0) is 4.79 Å².